The van der Waals surface area contributed by atoms with Crippen molar-refractivity contribution < 1.29 is 9.18 Å². The summed E-state index contributed by atoms with van der Waals surface area (Å²) in [4.78, 5) is 19.5. The second kappa shape index (κ2) is 8.15. The number of nitrogens with zero attached hydrogens (tertiary/aromatic N) is 4. The zero-order valence-electron chi connectivity index (χ0n) is 16.8. The molecule has 6 heteroatoms. The first kappa shape index (κ1) is 19.3. The lowest BCUT2D eigenvalue weighted by atomic mass is 9.93. The van der Waals surface area contributed by atoms with Crippen molar-refractivity contribution in [3.05, 3.63) is 82.7 Å². The van der Waals surface area contributed by atoms with E-state index in [-0.39, 0.29) is 17.6 Å². The van der Waals surface area contributed by atoms with E-state index in [1.54, 1.807) is 23.0 Å². The van der Waals surface area contributed by atoms with Gasteiger partial charge in [0, 0.05) is 44.1 Å². The maximum absolute atomic E-state index is 13.4. The van der Waals surface area contributed by atoms with Crippen LogP contribution in [0.3, 0.4) is 0 Å². The summed E-state index contributed by atoms with van der Waals surface area (Å²) in [6.45, 7) is 3.30. The Morgan fingerprint density at radius 2 is 2.10 bits per heavy atom. The minimum absolute atomic E-state index is 0.0445. The van der Waals surface area contributed by atoms with Crippen molar-refractivity contribution in [1.29, 1.82) is 0 Å². The molecular weight excluding hydrogens is 367 g/mol. The molecule has 2 aromatic heterocycles. The first-order valence-electron chi connectivity index (χ1n) is 9.98. The van der Waals surface area contributed by atoms with Gasteiger partial charge in [-0.15, -0.1) is 0 Å². The Bertz CT molecular complexity index is 1010. The molecular formula is C23H25FN4O. The van der Waals surface area contributed by atoms with Gasteiger partial charge in [0.1, 0.15) is 5.82 Å². The largest absolute Gasteiger partial charge is 0.338 e. The molecule has 0 aliphatic carbocycles. The van der Waals surface area contributed by atoms with Crippen molar-refractivity contribution in [3.63, 3.8) is 0 Å². The van der Waals surface area contributed by atoms with Gasteiger partial charge in [0.05, 0.1) is 11.3 Å². The lowest BCUT2D eigenvalue weighted by Crippen LogP contribution is -2.39. The smallest absolute Gasteiger partial charge is 0.257 e. The van der Waals surface area contributed by atoms with Gasteiger partial charge in [0.15, 0.2) is 0 Å². The van der Waals surface area contributed by atoms with Crippen LogP contribution in [-0.4, -0.2) is 38.7 Å². The van der Waals surface area contributed by atoms with Gasteiger partial charge in [-0.05, 0) is 55.5 Å². The molecule has 0 N–H and O–H groups in total. The quantitative estimate of drug-likeness (QED) is 0.677. The Morgan fingerprint density at radius 1 is 1.24 bits per heavy atom. The lowest BCUT2D eigenvalue weighted by molar-refractivity contribution is 0.0705. The van der Waals surface area contributed by atoms with E-state index in [1.807, 2.05) is 37.2 Å². The second-order valence-corrected chi connectivity index (χ2v) is 7.79. The Morgan fingerprint density at radius 3 is 2.79 bits per heavy atom. The second-order valence-electron chi connectivity index (χ2n) is 7.79. The van der Waals surface area contributed by atoms with Crippen LogP contribution < -0.4 is 0 Å². The summed E-state index contributed by atoms with van der Waals surface area (Å²) < 4.78 is 15.1. The first-order chi connectivity index (χ1) is 14.0. The van der Waals surface area contributed by atoms with Gasteiger partial charge < -0.3 is 4.90 Å². The van der Waals surface area contributed by atoms with Crippen molar-refractivity contribution in [1.82, 2.24) is 19.7 Å². The lowest BCUT2D eigenvalue weighted by Gasteiger charge is -2.32. The number of aromatic nitrogens is 3. The van der Waals surface area contributed by atoms with Crippen molar-refractivity contribution in [2.45, 2.75) is 32.1 Å². The predicted molar refractivity (Wildman–Crippen MR) is 109 cm³/mol. The van der Waals surface area contributed by atoms with Crippen molar-refractivity contribution in [2.75, 3.05) is 13.1 Å². The number of halogens is 1. The van der Waals surface area contributed by atoms with Gasteiger partial charge in [0.2, 0.25) is 0 Å². The maximum atomic E-state index is 13.4. The monoisotopic (exact) mass is 392 g/mol. The number of hydrogen-bond acceptors (Lipinski definition) is 3. The Balaban J connectivity index is 1.44. The summed E-state index contributed by atoms with van der Waals surface area (Å²) in [6, 6.07) is 10.8. The van der Waals surface area contributed by atoms with Crippen molar-refractivity contribution >= 4 is 5.91 Å². The summed E-state index contributed by atoms with van der Waals surface area (Å²) >= 11 is 0. The highest BCUT2D eigenvalue weighted by Gasteiger charge is 2.27. The van der Waals surface area contributed by atoms with Gasteiger partial charge in [-0.25, -0.2) is 4.39 Å². The minimum atomic E-state index is -0.220. The standard InChI is InChI=1S/C23H25FN4O/c1-16-21(15-27(2)26-16)23(29)28-10-4-6-19(14-28)22-9-8-18(13-25-22)11-17-5-3-7-20(24)12-17/h3,5,7-9,12-13,15,19H,4,6,10-11,14H2,1-2H3. The normalized spacial score (nSPS) is 16.8. The van der Waals surface area contributed by atoms with Gasteiger partial charge >= 0.3 is 0 Å². The molecule has 1 saturated heterocycles. The summed E-state index contributed by atoms with van der Waals surface area (Å²) in [7, 11) is 1.83. The van der Waals surface area contributed by atoms with Crippen molar-refractivity contribution in [3.8, 4) is 0 Å². The average Bonchev–Trinajstić information content (AvgIpc) is 3.06. The van der Waals surface area contributed by atoms with Crippen LogP contribution in [0.5, 0.6) is 0 Å². The fourth-order valence-corrected chi connectivity index (χ4v) is 4.05. The number of carbonyl (C=O) groups excluding carboxylic acids is 1. The van der Waals surface area contributed by atoms with E-state index < -0.39 is 0 Å². The molecule has 150 valence electrons. The fraction of sp³-hybridized carbons (Fsp3) is 0.348. The number of benzene rings is 1. The highest BCUT2D eigenvalue weighted by molar-refractivity contribution is 5.95. The van der Waals surface area contributed by atoms with Crippen LogP contribution in [-0.2, 0) is 13.5 Å². The van der Waals surface area contributed by atoms with Crippen LogP contribution in [0, 0.1) is 12.7 Å². The van der Waals surface area contributed by atoms with Crippen LogP contribution in [0.1, 0.15) is 51.6 Å². The number of likely N-dealkylation sites (tertiary alicyclic amines) is 1. The molecule has 0 saturated carbocycles. The predicted octanol–water partition coefficient (Wildman–Crippen LogP) is 3.87. The Hall–Kier alpha value is -3.02. The van der Waals surface area contributed by atoms with E-state index in [0.29, 0.717) is 18.5 Å². The molecule has 3 heterocycles. The molecule has 0 radical (unpaired) electrons. The molecule has 1 atom stereocenters. The third kappa shape index (κ3) is 4.36. The molecule has 5 nitrogen and oxygen atoms in total. The molecule has 1 aromatic carbocycles. The van der Waals surface area contributed by atoms with E-state index in [2.05, 4.69) is 16.1 Å². The van der Waals surface area contributed by atoms with Crippen LogP contribution in [0.2, 0.25) is 0 Å². The van der Waals surface area contributed by atoms with Gasteiger partial charge in [-0.2, -0.15) is 5.10 Å². The molecule has 1 amide bonds. The average molecular weight is 392 g/mol. The minimum Gasteiger partial charge on any atom is -0.338 e. The van der Waals surface area contributed by atoms with E-state index in [4.69, 9.17) is 0 Å². The highest BCUT2D eigenvalue weighted by Crippen LogP contribution is 2.27. The maximum Gasteiger partial charge on any atom is 0.257 e. The summed E-state index contributed by atoms with van der Waals surface area (Å²) in [5.41, 5.74) is 4.43. The summed E-state index contributed by atoms with van der Waals surface area (Å²) in [6.07, 6.45) is 6.29. The SMILES string of the molecule is Cc1nn(C)cc1C(=O)N1CCCC(c2ccc(Cc3cccc(F)c3)cn2)C1. The van der Waals surface area contributed by atoms with Crippen LogP contribution in [0.15, 0.2) is 48.8 Å². The zero-order chi connectivity index (χ0) is 20.4. The van der Waals surface area contributed by atoms with E-state index >= 15 is 0 Å². The number of piperidine rings is 1. The Kier molecular flexibility index (Phi) is 5.43. The third-order valence-corrected chi connectivity index (χ3v) is 5.52. The van der Waals surface area contributed by atoms with E-state index in [0.717, 1.165) is 41.9 Å². The molecule has 4 rings (SSSR count). The molecule has 3 aromatic rings. The fourth-order valence-electron chi connectivity index (χ4n) is 4.05. The van der Waals surface area contributed by atoms with Gasteiger partial charge in [-0.3, -0.25) is 14.5 Å². The van der Waals surface area contributed by atoms with Crippen LogP contribution in [0.25, 0.3) is 0 Å². The van der Waals surface area contributed by atoms with E-state index in [1.165, 1.54) is 6.07 Å². The summed E-state index contributed by atoms with van der Waals surface area (Å²) in [5, 5.41) is 4.29. The number of rotatable bonds is 4. The van der Waals surface area contributed by atoms with Gasteiger partial charge in [-0.1, -0.05) is 18.2 Å². The number of aryl methyl sites for hydroxylation is 2. The van der Waals surface area contributed by atoms with Gasteiger partial charge in [0.25, 0.3) is 5.91 Å². The molecule has 0 bridgehead atoms. The number of carbonyl (C=O) groups is 1. The molecule has 1 aliphatic rings. The Labute approximate surface area is 170 Å². The molecule has 0 spiro atoms. The number of amides is 1. The molecule has 29 heavy (non-hydrogen) atoms. The third-order valence-electron chi connectivity index (χ3n) is 5.52. The van der Waals surface area contributed by atoms with Crippen LogP contribution >= 0.6 is 0 Å². The number of pyridine rings is 1. The zero-order valence-corrected chi connectivity index (χ0v) is 16.8. The molecule has 1 unspecified atom stereocenters. The summed E-state index contributed by atoms with van der Waals surface area (Å²) in [5.74, 6) is 0.0545. The number of hydrogen-bond donors (Lipinski definition) is 0. The highest BCUT2D eigenvalue weighted by atomic mass is 19.1. The van der Waals surface area contributed by atoms with Crippen molar-refractivity contribution in [2.24, 2.45) is 7.05 Å². The first-order valence-corrected chi connectivity index (χ1v) is 9.98. The topological polar surface area (TPSA) is 51.0 Å². The van der Waals surface area contributed by atoms with E-state index in [9.17, 15) is 9.18 Å². The van der Waals surface area contributed by atoms with Crippen LogP contribution in [0.4, 0.5) is 4.39 Å². The molecule has 1 aliphatic heterocycles. The molecule has 1 fully saturated rings.